The smallest absolute Gasteiger partial charge is 0.333 e. The average molecular weight is 325 g/mol. The van der Waals surface area contributed by atoms with Crippen molar-refractivity contribution in [1.82, 2.24) is 0 Å². The molecule has 2 nitrogen and oxygen atoms in total. The molecular weight excluding hydrogens is 284 g/mol. The summed E-state index contributed by atoms with van der Waals surface area (Å²) in [5, 5.41) is 0. The summed E-state index contributed by atoms with van der Waals surface area (Å²) >= 11 is 0. The maximum Gasteiger partial charge on any atom is 0.333 e. The summed E-state index contributed by atoms with van der Waals surface area (Å²) < 4.78 is 5.63. The standard InChI is InChI=1S/C21H40O2/c1-5-7-9-11-12-14-16-18-20(23-21(22)19(3)4)17-15-13-10-8-6-2/h20H,3,5-18H2,1-2,4H3. The van der Waals surface area contributed by atoms with E-state index in [0.29, 0.717) is 5.57 Å². The number of esters is 1. The van der Waals surface area contributed by atoms with Gasteiger partial charge in [-0.1, -0.05) is 84.6 Å². The van der Waals surface area contributed by atoms with E-state index in [1.54, 1.807) is 6.92 Å². The van der Waals surface area contributed by atoms with Gasteiger partial charge in [0.05, 0.1) is 0 Å². The molecule has 0 fully saturated rings. The van der Waals surface area contributed by atoms with Crippen molar-refractivity contribution < 1.29 is 9.53 Å². The van der Waals surface area contributed by atoms with E-state index in [9.17, 15) is 4.79 Å². The van der Waals surface area contributed by atoms with Crippen molar-refractivity contribution in [2.24, 2.45) is 0 Å². The first-order chi connectivity index (χ1) is 11.1. The van der Waals surface area contributed by atoms with Gasteiger partial charge in [0.2, 0.25) is 0 Å². The first-order valence-corrected chi connectivity index (χ1v) is 9.98. The molecule has 0 radical (unpaired) electrons. The van der Waals surface area contributed by atoms with E-state index in [-0.39, 0.29) is 12.1 Å². The molecule has 23 heavy (non-hydrogen) atoms. The Morgan fingerprint density at radius 3 is 1.57 bits per heavy atom. The monoisotopic (exact) mass is 324 g/mol. The lowest BCUT2D eigenvalue weighted by Crippen LogP contribution is -2.18. The fraction of sp³-hybridized carbons (Fsp3) is 0.857. The highest BCUT2D eigenvalue weighted by Gasteiger charge is 2.14. The maximum absolute atomic E-state index is 11.8. The molecule has 2 heteroatoms. The summed E-state index contributed by atoms with van der Waals surface area (Å²) in [4.78, 5) is 11.8. The Morgan fingerprint density at radius 2 is 1.17 bits per heavy atom. The second-order valence-electron chi connectivity index (χ2n) is 6.92. The van der Waals surface area contributed by atoms with Crippen LogP contribution in [-0.4, -0.2) is 12.1 Å². The molecule has 0 amide bonds. The second kappa shape index (κ2) is 16.1. The minimum Gasteiger partial charge on any atom is -0.459 e. The summed E-state index contributed by atoms with van der Waals surface area (Å²) in [5.74, 6) is -0.216. The molecule has 0 aromatic rings. The Balaban J connectivity index is 3.92. The van der Waals surface area contributed by atoms with Crippen molar-refractivity contribution in [1.29, 1.82) is 0 Å². The zero-order chi connectivity index (χ0) is 17.3. The van der Waals surface area contributed by atoms with Crippen molar-refractivity contribution in [3.05, 3.63) is 12.2 Å². The molecule has 0 heterocycles. The van der Waals surface area contributed by atoms with E-state index < -0.39 is 0 Å². The van der Waals surface area contributed by atoms with Gasteiger partial charge in [-0.15, -0.1) is 0 Å². The van der Waals surface area contributed by atoms with Crippen molar-refractivity contribution in [3.8, 4) is 0 Å². The van der Waals surface area contributed by atoms with E-state index >= 15 is 0 Å². The lowest BCUT2D eigenvalue weighted by molar-refractivity contribution is -0.145. The van der Waals surface area contributed by atoms with E-state index in [0.717, 1.165) is 12.8 Å². The predicted molar refractivity (Wildman–Crippen MR) is 101 cm³/mol. The van der Waals surface area contributed by atoms with Gasteiger partial charge in [-0.25, -0.2) is 4.79 Å². The van der Waals surface area contributed by atoms with E-state index in [1.165, 1.54) is 77.0 Å². The number of carbonyl (C=O) groups is 1. The Labute approximate surface area is 145 Å². The molecule has 0 rings (SSSR count). The van der Waals surface area contributed by atoms with Crippen LogP contribution in [0.2, 0.25) is 0 Å². The summed E-state index contributed by atoms with van der Waals surface area (Å²) in [5.41, 5.74) is 0.514. The van der Waals surface area contributed by atoms with Gasteiger partial charge in [-0.2, -0.15) is 0 Å². The highest BCUT2D eigenvalue weighted by Crippen LogP contribution is 2.17. The first-order valence-electron chi connectivity index (χ1n) is 9.98. The number of rotatable bonds is 16. The summed E-state index contributed by atoms with van der Waals surface area (Å²) in [6, 6.07) is 0. The average Bonchev–Trinajstić information content (AvgIpc) is 2.53. The van der Waals surface area contributed by atoms with E-state index in [2.05, 4.69) is 20.4 Å². The third kappa shape index (κ3) is 14.5. The van der Waals surface area contributed by atoms with Crippen LogP contribution in [-0.2, 0) is 9.53 Å². The molecule has 0 spiro atoms. The predicted octanol–water partition coefficient (Wildman–Crippen LogP) is 6.98. The van der Waals surface area contributed by atoms with Gasteiger partial charge in [0, 0.05) is 5.57 Å². The molecular formula is C21H40O2. The fourth-order valence-electron chi connectivity index (χ4n) is 2.82. The maximum atomic E-state index is 11.8. The summed E-state index contributed by atoms with van der Waals surface area (Å²) in [6.07, 6.45) is 17.6. The van der Waals surface area contributed by atoms with Crippen LogP contribution in [0.1, 0.15) is 111 Å². The van der Waals surface area contributed by atoms with Gasteiger partial charge in [-0.05, 0) is 32.6 Å². The van der Waals surface area contributed by atoms with Gasteiger partial charge in [0.25, 0.3) is 0 Å². The van der Waals surface area contributed by atoms with Crippen LogP contribution < -0.4 is 0 Å². The van der Waals surface area contributed by atoms with Gasteiger partial charge >= 0.3 is 5.97 Å². The Kier molecular flexibility index (Phi) is 15.5. The molecule has 0 aliphatic carbocycles. The van der Waals surface area contributed by atoms with Crippen LogP contribution in [0.25, 0.3) is 0 Å². The Bertz CT molecular complexity index is 296. The minimum atomic E-state index is -0.216. The second-order valence-corrected chi connectivity index (χ2v) is 6.92. The normalized spacial score (nSPS) is 12.1. The minimum absolute atomic E-state index is 0.0940. The number of carbonyl (C=O) groups excluding carboxylic acids is 1. The largest absolute Gasteiger partial charge is 0.459 e. The molecule has 1 atom stereocenters. The summed E-state index contributed by atoms with van der Waals surface area (Å²) in [6.45, 7) is 9.91. The fourth-order valence-corrected chi connectivity index (χ4v) is 2.82. The molecule has 0 N–H and O–H groups in total. The molecule has 136 valence electrons. The Morgan fingerprint density at radius 1 is 0.783 bits per heavy atom. The highest BCUT2D eigenvalue weighted by molar-refractivity contribution is 5.87. The highest BCUT2D eigenvalue weighted by atomic mass is 16.5. The molecule has 0 bridgehead atoms. The van der Waals surface area contributed by atoms with Crippen LogP contribution in [0, 0.1) is 0 Å². The molecule has 0 aliphatic rings. The number of unbranched alkanes of at least 4 members (excludes halogenated alkanes) is 10. The van der Waals surface area contributed by atoms with Crippen LogP contribution in [0.5, 0.6) is 0 Å². The Hall–Kier alpha value is -0.790. The summed E-state index contributed by atoms with van der Waals surface area (Å²) in [7, 11) is 0. The number of ether oxygens (including phenoxy) is 1. The van der Waals surface area contributed by atoms with Crippen molar-refractivity contribution in [3.63, 3.8) is 0 Å². The topological polar surface area (TPSA) is 26.3 Å². The van der Waals surface area contributed by atoms with Crippen LogP contribution in [0.3, 0.4) is 0 Å². The number of hydrogen-bond acceptors (Lipinski definition) is 2. The SMILES string of the molecule is C=C(C)C(=O)OC(CCCCCCC)CCCCCCCCC. The quantitative estimate of drug-likeness (QED) is 0.174. The lowest BCUT2D eigenvalue weighted by Gasteiger charge is -2.18. The molecule has 0 aliphatic heterocycles. The van der Waals surface area contributed by atoms with Crippen LogP contribution in [0.4, 0.5) is 0 Å². The molecule has 0 aromatic heterocycles. The molecule has 0 saturated carbocycles. The van der Waals surface area contributed by atoms with Gasteiger partial charge in [0.1, 0.15) is 6.10 Å². The van der Waals surface area contributed by atoms with Crippen LogP contribution >= 0.6 is 0 Å². The third-order valence-corrected chi connectivity index (χ3v) is 4.38. The molecule has 1 unspecified atom stereocenters. The number of hydrogen-bond donors (Lipinski definition) is 0. The van der Waals surface area contributed by atoms with Crippen molar-refractivity contribution >= 4 is 5.97 Å². The van der Waals surface area contributed by atoms with Crippen LogP contribution in [0.15, 0.2) is 12.2 Å². The van der Waals surface area contributed by atoms with Gasteiger partial charge < -0.3 is 4.74 Å². The van der Waals surface area contributed by atoms with Crippen molar-refractivity contribution in [2.75, 3.05) is 0 Å². The zero-order valence-electron chi connectivity index (χ0n) is 16.0. The third-order valence-electron chi connectivity index (χ3n) is 4.38. The molecule has 0 aromatic carbocycles. The zero-order valence-corrected chi connectivity index (χ0v) is 16.0. The van der Waals surface area contributed by atoms with E-state index in [1.807, 2.05) is 0 Å². The molecule has 0 saturated heterocycles. The van der Waals surface area contributed by atoms with Crippen molar-refractivity contribution in [2.45, 2.75) is 117 Å². The van der Waals surface area contributed by atoms with E-state index in [4.69, 9.17) is 4.74 Å². The van der Waals surface area contributed by atoms with Gasteiger partial charge in [0.15, 0.2) is 0 Å². The van der Waals surface area contributed by atoms with Gasteiger partial charge in [-0.3, -0.25) is 0 Å². The lowest BCUT2D eigenvalue weighted by atomic mass is 10.0. The first kappa shape index (κ1) is 22.2.